The van der Waals surface area contributed by atoms with E-state index in [0.29, 0.717) is 5.69 Å². The summed E-state index contributed by atoms with van der Waals surface area (Å²) in [5.74, 6) is -0.326. The molecule has 0 fully saturated rings. The Morgan fingerprint density at radius 2 is 2.06 bits per heavy atom. The first-order valence-electron chi connectivity index (χ1n) is 5.32. The molecule has 0 aliphatic carbocycles. The molecule has 0 bridgehead atoms. The van der Waals surface area contributed by atoms with Crippen molar-refractivity contribution >= 4 is 23.2 Å². The van der Waals surface area contributed by atoms with Gasteiger partial charge in [-0.25, -0.2) is 0 Å². The number of nitrogens with one attached hydrogen (secondary N) is 1. The third-order valence-corrected chi connectivity index (χ3v) is 2.39. The zero-order valence-corrected chi connectivity index (χ0v) is 10.2. The van der Waals surface area contributed by atoms with E-state index in [2.05, 4.69) is 5.32 Å². The first-order chi connectivity index (χ1) is 7.91. The lowest BCUT2D eigenvalue weighted by Gasteiger charge is -2.16. The SMILES string of the molecule is CC(=O)N(C)c1cccc(NC(=O)[C@@H](C)N)c1. The van der Waals surface area contributed by atoms with Crippen LogP contribution in [0.15, 0.2) is 24.3 Å². The molecule has 0 saturated heterocycles. The Morgan fingerprint density at radius 3 is 2.59 bits per heavy atom. The molecule has 0 aliphatic rings. The Kier molecular flexibility index (Phi) is 4.23. The fraction of sp³-hybridized carbons (Fsp3) is 0.333. The highest BCUT2D eigenvalue weighted by atomic mass is 16.2. The maximum absolute atomic E-state index is 11.4. The number of hydrogen-bond acceptors (Lipinski definition) is 3. The zero-order valence-electron chi connectivity index (χ0n) is 10.2. The van der Waals surface area contributed by atoms with E-state index in [1.165, 1.54) is 11.8 Å². The molecule has 1 aromatic carbocycles. The molecule has 3 N–H and O–H groups in total. The van der Waals surface area contributed by atoms with E-state index in [4.69, 9.17) is 5.73 Å². The van der Waals surface area contributed by atoms with Gasteiger partial charge in [-0.2, -0.15) is 0 Å². The van der Waals surface area contributed by atoms with Crippen LogP contribution in [0.2, 0.25) is 0 Å². The first kappa shape index (κ1) is 13.2. The number of hydrogen-bond donors (Lipinski definition) is 2. The smallest absolute Gasteiger partial charge is 0.240 e. The molecule has 17 heavy (non-hydrogen) atoms. The van der Waals surface area contributed by atoms with Crippen LogP contribution in [0.3, 0.4) is 0 Å². The van der Waals surface area contributed by atoms with Crippen molar-refractivity contribution < 1.29 is 9.59 Å². The number of carbonyl (C=O) groups excluding carboxylic acids is 2. The average molecular weight is 235 g/mol. The van der Waals surface area contributed by atoms with Gasteiger partial charge in [-0.3, -0.25) is 9.59 Å². The van der Waals surface area contributed by atoms with E-state index in [0.717, 1.165) is 5.69 Å². The van der Waals surface area contributed by atoms with E-state index in [-0.39, 0.29) is 11.8 Å². The lowest BCUT2D eigenvalue weighted by Crippen LogP contribution is -2.32. The van der Waals surface area contributed by atoms with Crippen molar-refractivity contribution in [2.75, 3.05) is 17.3 Å². The molecule has 2 amide bonds. The van der Waals surface area contributed by atoms with Gasteiger partial charge in [0.05, 0.1) is 6.04 Å². The van der Waals surface area contributed by atoms with Crippen LogP contribution in [-0.2, 0) is 9.59 Å². The number of carbonyl (C=O) groups is 2. The van der Waals surface area contributed by atoms with Crippen LogP contribution in [0.25, 0.3) is 0 Å². The molecule has 0 saturated carbocycles. The number of anilines is 2. The van der Waals surface area contributed by atoms with Gasteiger partial charge in [0, 0.05) is 25.3 Å². The van der Waals surface area contributed by atoms with Crippen LogP contribution >= 0.6 is 0 Å². The fourth-order valence-corrected chi connectivity index (χ4v) is 1.23. The Bertz CT molecular complexity index is 430. The molecule has 1 atom stereocenters. The molecule has 0 aliphatic heterocycles. The number of amides is 2. The lowest BCUT2D eigenvalue weighted by atomic mass is 10.2. The van der Waals surface area contributed by atoms with E-state index < -0.39 is 6.04 Å². The van der Waals surface area contributed by atoms with Crippen molar-refractivity contribution in [3.05, 3.63) is 24.3 Å². The molecule has 0 heterocycles. The normalized spacial score (nSPS) is 11.8. The van der Waals surface area contributed by atoms with Crippen LogP contribution in [0.1, 0.15) is 13.8 Å². The predicted molar refractivity (Wildman–Crippen MR) is 67.8 cm³/mol. The molecule has 1 aromatic rings. The summed E-state index contributed by atoms with van der Waals surface area (Å²) in [6.45, 7) is 3.09. The lowest BCUT2D eigenvalue weighted by molar-refractivity contribution is -0.117. The molecule has 1 rings (SSSR count). The molecule has 0 unspecified atom stereocenters. The van der Waals surface area contributed by atoms with Gasteiger partial charge >= 0.3 is 0 Å². The maximum Gasteiger partial charge on any atom is 0.240 e. The summed E-state index contributed by atoms with van der Waals surface area (Å²) in [5, 5.41) is 2.67. The minimum Gasteiger partial charge on any atom is -0.325 e. The largest absolute Gasteiger partial charge is 0.325 e. The van der Waals surface area contributed by atoms with Crippen LogP contribution in [-0.4, -0.2) is 24.9 Å². The topological polar surface area (TPSA) is 75.4 Å². The summed E-state index contributed by atoms with van der Waals surface area (Å²) in [6.07, 6.45) is 0. The summed E-state index contributed by atoms with van der Waals surface area (Å²) in [6, 6.07) is 6.47. The Morgan fingerprint density at radius 1 is 1.41 bits per heavy atom. The van der Waals surface area contributed by atoms with Gasteiger partial charge in [0.25, 0.3) is 0 Å². The van der Waals surface area contributed by atoms with Crippen molar-refractivity contribution in [3.63, 3.8) is 0 Å². The van der Waals surface area contributed by atoms with Gasteiger partial charge in [-0.1, -0.05) is 6.07 Å². The van der Waals surface area contributed by atoms with E-state index in [1.54, 1.807) is 38.2 Å². The van der Waals surface area contributed by atoms with E-state index >= 15 is 0 Å². The second kappa shape index (κ2) is 5.45. The molecule has 0 radical (unpaired) electrons. The van der Waals surface area contributed by atoms with Gasteiger partial charge in [-0.15, -0.1) is 0 Å². The van der Waals surface area contributed by atoms with Gasteiger partial charge in [0.1, 0.15) is 0 Å². The van der Waals surface area contributed by atoms with Crippen molar-refractivity contribution in [2.24, 2.45) is 5.73 Å². The Labute approximate surface area is 101 Å². The first-order valence-corrected chi connectivity index (χ1v) is 5.32. The van der Waals surface area contributed by atoms with Gasteiger partial charge < -0.3 is 16.0 Å². The highest BCUT2D eigenvalue weighted by Gasteiger charge is 2.09. The minimum absolute atomic E-state index is 0.0688. The van der Waals surface area contributed by atoms with Crippen LogP contribution in [0, 0.1) is 0 Å². The molecule has 0 aromatic heterocycles. The summed E-state index contributed by atoms with van der Waals surface area (Å²) in [7, 11) is 1.68. The highest BCUT2D eigenvalue weighted by molar-refractivity contribution is 5.96. The third-order valence-electron chi connectivity index (χ3n) is 2.39. The van der Waals surface area contributed by atoms with Gasteiger partial charge in [-0.05, 0) is 25.1 Å². The quantitative estimate of drug-likeness (QED) is 0.819. The summed E-state index contributed by atoms with van der Waals surface area (Å²) in [4.78, 5) is 24.1. The zero-order chi connectivity index (χ0) is 13.0. The van der Waals surface area contributed by atoms with Crippen LogP contribution < -0.4 is 16.0 Å². The highest BCUT2D eigenvalue weighted by Crippen LogP contribution is 2.18. The molecule has 5 nitrogen and oxygen atoms in total. The van der Waals surface area contributed by atoms with E-state index in [9.17, 15) is 9.59 Å². The van der Waals surface area contributed by atoms with Crippen molar-refractivity contribution in [3.8, 4) is 0 Å². The molecular weight excluding hydrogens is 218 g/mol. The van der Waals surface area contributed by atoms with Gasteiger partial charge in [0.2, 0.25) is 11.8 Å². The Hall–Kier alpha value is -1.88. The standard InChI is InChI=1S/C12H17N3O2/c1-8(13)12(17)14-10-5-4-6-11(7-10)15(3)9(2)16/h4-8H,13H2,1-3H3,(H,14,17)/t8-/m1/s1. The maximum atomic E-state index is 11.4. The van der Waals surface area contributed by atoms with E-state index in [1.807, 2.05) is 0 Å². The second-order valence-electron chi connectivity index (χ2n) is 3.91. The molecular formula is C12H17N3O2. The summed E-state index contributed by atoms with van der Waals surface area (Å²) in [5.41, 5.74) is 6.80. The predicted octanol–water partition coefficient (Wildman–Crippen LogP) is 0.955. The molecule has 0 spiro atoms. The number of nitrogens with zero attached hydrogens (tertiary/aromatic N) is 1. The summed E-state index contributed by atoms with van der Waals surface area (Å²) < 4.78 is 0. The monoisotopic (exact) mass is 235 g/mol. The fourth-order valence-electron chi connectivity index (χ4n) is 1.23. The molecule has 92 valence electrons. The minimum atomic E-state index is -0.566. The number of benzene rings is 1. The second-order valence-corrected chi connectivity index (χ2v) is 3.91. The molecule has 5 heteroatoms. The van der Waals surface area contributed by atoms with Crippen LogP contribution in [0.5, 0.6) is 0 Å². The van der Waals surface area contributed by atoms with Crippen molar-refractivity contribution in [2.45, 2.75) is 19.9 Å². The number of rotatable bonds is 3. The van der Waals surface area contributed by atoms with Gasteiger partial charge in [0.15, 0.2) is 0 Å². The Balaban J connectivity index is 2.86. The number of nitrogens with two attached hydrogens (primary N) is 1. The van der Waals surface area contributed by atoms with Crippen LogP contribution in [0.4, 0.5) is 11.4 Å². The van der Waals surface area contributed by atoms with Crippen molar-refractivity contribution in [1.29, 1.82) is 0 Å². The third kappa shape index (κ3) is 3.57. The average Bonchev–Trinajstić information content (AvgIpc) is 2.28. The summed E-state index contributed by atoms with van der Waals surface area (Å²) >= 11 is 0. The van der Waals surface area contributed by atoms with Crippen molar-refractivity contribution in [1.82, 2.24) is 0 Å².